The number of ether oxygens (including phenoxy) is 1. The zero-order chi connectivity index (χ0) is 19.1. The number of halogens is 1. The maximum absolute atomic E-state index is 14.1. The van der Waals surface area contributed by atoms with Gasteiger partial charge >= 0.3 is 6.09 Å². The molecule has 1 aliphatic rings. The van der Waals surface area contributed by atoms with Crippen LogP contribution in [0.5, 0.6) is 0 Å². The van der Waals surface area contributed by atoms with E-state index in [9.17, 15) is 9.18 Å². The minimum Gasteiger partial charge on any atom is -0.444 e. The van der Waals surface area contributed by atoms with E-state index in [2.05, 4.69) is 14.9 Å². The number of aromatic nitrogens is 2. The fraction of sp³-hybridized carbons (Fsp3) is 0.526. The van der Waals surface area contributed by atoms with Crippen LogP contribution in [0.3, 0.4) is 0 Å². The van der Waals surface area contributed by atoms with Gasteiger partial charge in [0.25, 0.3) is 0 Å². The van der Waals surface area contributed by atoms with E-state index < -0.39 is 5.60 Å². The molecule has 0 saturated carbocycles. The molecule has 26 heavy (non-hydrogen) atoms. The molecule has 7 heteroatoms. The Morgan fingerprint density at radius 1 is 1.15 bits per heavy atom. The van der Waals surface area contributed by atoms with Crippen molar-refractivity contribution in [3.8, 4) is 0 Å². The van der Waals surface area contributed by atoms with Crippen molar-refractivity contribution in [2.75, 3.05) is 18.0 Å². The van der Waals surface area contributed by atoms with Crippen molar-refractivity contribution in [3.05, 3.63) is 30.3 Å². The zero-order valence-electron chi connectivity index (χ0n) is 15.9. The molecule has 0 bridgehead atoms. The molecule has 6 nitrogen and oxygen atoms in total. The summed E-state index contributed by atoms with van der Waals surface area (Å²) < 4.78 is 19.6. The van der Waals surface area contributed by atoms with Gasteiger partial charge in [-0.25, -0.2) is 9.18 Å². The normalized spacial score (nSPS) is 21.2. The molecule has 3 rings (SSSR count). The predicted molar refractivity (Wildman–Crippen MR) is 98.7 cm³/mol. The number of carbonyl (C=O) groups is 1. The number of nitrogens with zero attached hydrogens (tertiary/aromatic N) is 4. The predicted octanol–water partition coefficient (Wildman–Crippen LogP) is 3.60. The Labute approximate surface area is 153 Å². The van der Waals surface area contributed by atoms with Crippen LogP contribution >= 0.6 is 0 Å². The molecule has 1 fully saturated rings. The molecule has 1 aromatic carbocycles. The number of benzene rings is 1. The lowest BCUT2D eigenvalue weighted by Gasteiger charge is -2.45. The first kappa shape index (κ1) is 18.4. The summed E-state index contributed by atoms with van der Waals surface area (Å²) >= 11 is 0. The molecule has 1 aromatic heterocycles. The second kappa shape index (κ2) is 6.70. The molecule has 2 heterocycles. The Morgan fingerprint density at radius 3 is 2.38 bits per heavy atom. The Kier molecular flexibility index (Phi) is 4.73. The number of fused-ring (bicyclic) bond motifs is 1. The minimum absolute atomic E-state index is 0.0800. The lowest BCUT2D eigenvalue weighted by molar-refractivity contribution is 0.00567. The number of anilines is 1. The van der Waals surface area contributed by atoms with E-state index in [1.807, 2.05) is 34.6 Å². The van der Waals surface area contributed by atoms with Crippen LogP contribution in [0.4, 0.5) is 14.9 Å². The van der Waals surface area contributed by atoms with Crippen LogP contribution in [0.25, 0.3) is 11.0 Å². The van der Waals surface area contributed by atoms with Gasteiger partial charge < -0.3 is 9.64 Å². The first-order chi connectivity index (χ1) is 12.2. The molecule has 140 valence electrons. The van der Waals surface area contributed by atoms with Gasteiger partial charge in [0.05, 0.1) is 23.3 Å². The molecule has 0 spiro atoms. The molecule has 0 radical (unpaired) electrons. The fourth-order valence-electron chi connectivity index (χ4n) is 3.46. The number of hydrogen-bond donors (Lipinski definition) is 0. The van der Waals surface area contributed by atoms with Gasteiger partial charge in [-0.05, 0) is 40.7 Å². The molecule has 2 atom stereocenters. The maximum atomic E-state index is 14.1. The van der Waals surface area contributed by atoms with Crippen molar-refractivity contribution >= 4 is 22.8 Å². The van der Waals surface area contributed by atoms with Gasteiger partial charge in [0.1, 0.15) is 16.9 Å². The summed E-state index contributed by atoms with van der Waals surface area (Å²) in [6, 6.07) is 2.71. The van der Waals surface area contributed by atoms with E-state index in [1.165, 1.54) is 12.1 Å². The smallest absolute Gasteiger partial charge is 0.410 e. The van der Waals surface area contributed by atoms with Gasteiger partial charge in [0, 0.05) is 31.5 Å². The van der Waals surface area contributed by atoms with Crippen LogP contribution in [0.1, 0.15) is 34.6 Å². The summed E-state index contributed by atoms with van der Waals surface area (Å²) in [5.74, 6) is -0.345. The van der Waals surface area contributed by atoms with E-state index in [4.69, 9.17) is 4.74 Å². The number of amides is 1. The third kappa shape index (κ3) is 3.71. The third-order valence-electron chi connectivity index (χ3n) is 4.38. The van der Waals surface area contributed by atoms with E-state index in [0.29, 0.717) is 29.8 Å². The summed E-state index contributed by atoms with van der Waals surface area (Å²) in [4.78, 5) is 25.0. The highest BCUT2D eigenvalue weighted by molar-refractivity contribution is 5.88. The Hall–Kier alpha value is -2.44. The summed E-state index contributed by atoms with van der Waals surface area (Å²) in [6.45, 7) is 10.6. The Balaban J connectivity index is 1.87. The van der Waals surface area contributed by atoms with Gasteiger partial charge in [-0.15, -0.1) is 0 Å². The largest absolute Gasteiger partial charge is 0.444 e. The number of hydrogen-bond acceptors (Lipinski definition) is 5. The van der Waals surface area contributed by atoms with Crippen LogP contribution in [0.15, 0.2) is 24.5 Å². The average Bonchev–Trinajstić information content (AvgIpc) is 2.51. The van der Waals surface area contributed by atoms with Crippen LogP contribution in [-0.2, 0) is 4.74 Å². The van der Waals surface area contributed by atoms with Crippen molar-refractivity contribution in [1.82, 2.24) is 14.9 Å². The van der Waals surface area contributed by atoms with Crippen LogP contribution in [0.2, 0.25) is 0 Å². The third-order valence-corrected chi connectivity index (χ3v) is 4.38. The molecule has 1 amide bonds. The summed E-state index contributed by atoms with van der Waals surface area (Å²) in [5.41, 5.74) is 1.36. The van der Waals surface area contributed by atoms with Gasteiger partial charge in [-0.2, -0.15) is 0 Å². The lowest BCUT2D eigenvalue weighted by atomic mass is 10.1. The molecule has 0 N–H and O–H groups in total. The second-order valence-electron chi connectivity index (χ2n) is 7.84. The van der Waals surface area contributed by atoms with Gasteiger partial charge in [0.15, 0.2) is 0 Å². The highest BCUT2D eigenvalue weighted by Crippen LogP contribution is 2.29. The van der Waals surface area contributed by atoms with Crippen molar-refractivity contribution < 1.29 is 13.9 Å². The van der Waals surface area contributed by atoms with Crippen LogP contribution < -0.4 is 4.90 Å². The number of rotatable bonds is 1. The molecule has 2 aromatic rings. The first-order valence-corrected chi connectivity index (χ1v) is 8.82. The highest BCUT2D eigenvalue weighted by atomic mass is 19.1. The van der Waals surface area contributed by atoms with E-state index in [-0.39, 0.29) is 24.0 Å². The molecule has 1 unspecified atom stereocenters. The van der Waals surface area contributed by atoms with E-state index in [1.54, 1.807) is 17.3 Å². The Bertz CT molecular complexity index is 809. The van der Waals surface area contributed by atoms with Crippen LogP contribution in [0, 0.1) is 5.82 Å². The first-order valence-electron chi connectivity index (χ1n) is 8.82. The Morgan fingerprint density at radius 2 is 1.77 bits per heavy atom. The van der Waals surface area contributed by atoms with Crippen molar-refractivity contribution in [1.29, 1.82) is 0 Å². The highest BCUT2D eigenvalue weighted by Gasteiger charge is 2.36. The fourth-order valence-corrected chi connectivity index (χ4v) is 3.46. The molecular formula is C19H25FN4O2. The number of piperazine rings is 1. The standard InChI is InChI=1S/C19H25FN4O2/c1-12-10-23(11-13(2)24(12)18(25)26-19(3,4)5)16-9-14(20)8-15-17(16)22-7-6-21-15/h6-9,12-13H,10-11H2,1-5H3/t12-,13?/m0/s1. The molecule has 0 aliphatic carbocycles. The van der Waals surface area contributed by atoms with E-state index in [0.717, 1.165) is 0 Å². The SMILES string of the molecule is CC1CN(c2cc(F)cc3nccnc23)C[C@H](C)N1C(=O)OC(C)(C)C. The van der Waals surface area contributed by atoms with Crippen molar-refractivity contribution in [2.24, 2.45) is 0 Å². The zero-order valence-corrected chi connectivity index (χ0v) is 15.9. The molecule has 1 saturated heterocycles. The topological polar surface area (TPSA) is 58.6 Å². The van der Waals surface area contributed by atoms with E-state index >= 15 is 0 Å². The lowest BCUT2D eigenvalue weighted by Crippen LogP contribution is -2.59. The number of carbonyl (C=O) groups excluding carboxylic acids is 1. The molecular weight excluding hydrogens is 335 g/mol. The maximum Gasteiger partial charge on any atom is 0.410 e. The second-order valence-corrected chi connectivity index (χ2v) is 7.84. The van der Waals surface area contributed by atoms with Gasteiger partial charge in [-0.3, -0.25) is 14.9 Å². The van der Waals surface area contributed by atoms with Crippen LogP contribution in [-0.4, -0.2) is 51.7 Å². The summed E-state index contributed by atoms with van der Waals surface area (Å²) in [6.07, 6.45) is 2.84. The monoisotopic (exact) mass is 360 g/mol. The van der Waals surface area contributed by atoms with Crippen molar-refractivity contribution in [2.45, 2.75) is 52.3 Å². The van der Waals surface area contributed by atoms with Gasteiger partial charge in [-0.1, -0.05) is 0 Å². The van der Waals surface area contributed by atoms with Gasteiger partial charge in [0.2, 0.25) is 0 Å². The van der Waals surface area contributed by atoms with Crippen molar-refractivity contribution in [3.63, 3.8) is 0 Å². The molecule has 1 aliphatic heterocycles. The minimum atomic E-state index is -0.540. The average molecular weight is 360 g/mol. The quantitative estimate of drug-likeness (QED) is 0.778. The summed E-state index contributed by atoms with van der Waals surface area (Å²) in [5, 5.41) is 0. The summed E-state index contributed by atoms with van der Waals surface area (Å²) in [7, 11) is 0.